The van der Waals surface area contributed by atoms with Crippen LogP contribution in [-0.4, -0.2) is 29.7 Å². The zero-order valence-corrected chi connectivity index (χ0v) is 15.8. The van der Waals surface area contributed by atoms with Gasteiger partial charge in [0.1, 0.15) is 11.6 Å². The lowest BCUT2D eigenvalue weighted by Crippen LogP contribution is -2.37. The Balaban J connectivity index is 1.93. The van der Waals surface area contributed by atoms with Crippen LogP contribution in [0, 0.1) is 12.8 Å². The summed E-state index contributed by atoms with van der Waals surface area (Å²) >= 11 is 0. The zero-order valence-electron chi connectivity index (χ0n) is 15.8. The van der Waals surface area contributed by atoms with E-state index >= 15 is 0 Å². The van der Waals surface area contributed by atoms with Crippen LogP contribution in [0.3, 0.4) is 0 Å². The van der Waals surface area contributed by atoms with E-state index in [0.29, 0.717) is 19.0 Å². The summed E-state index contributed by atoms with van der Waals surface area (Å²) in [6, 6.07) is 6.19. The van der Waals surface area contributed by atoms with Gasteiger partial charge in [-0.2, -0.15) is 0 Å². The molecule has 0 unspecified atom stereocenters. The minimum atomic E-state index is 0.583. The number of nitrogens with zero attached hydrogens (tertiary/aromatic N) is 3. The van der Waals surface area contributed by atoms with E-state index in [2.05, 4.69) is 58.1 Å². The number of imidazole rings is 1. The summed E-state index contributed by atoms with van der Waals surface area (Å²) in [6.07, 6.45) is 3.86. The Labute approximate surface area is 150 Å². The van der Waals surface area contributed by atoms with E-state index in [0.717, 1.165) is 29.6 Å². The highest BCUT2D eigenvalue weighted by Gasteiger charge is 2.07. The summed E-state index contributed by atoms with van der Waals surface area (Å²) in [4.78, 5) is 8.71. The SMILES string of the molecule is CN=C(NCc1ccc(C)cc1OC)NCc1nccn1CC(C)C. The van der Waals surface area contributed by atoms with Gasteiger partial charge in [-0.15, -0.1) is 0 Å². The van der Waals surface area contributed by atoms with E-state index in [-0.39, 0.29) is 0 Å². The van der Waals surface area contributed by atoms with Gasteiger partial charge in [0, 0.05) is 38.1 Å². The Morgan fingerprint density at radius 2 is 2.04 bits per heavy atom. The number of hydrogen-bond donors (Lipinski definition) is 2. The number of nitrogens with one attached hydrogen (secondary N) is 2. The summed E-state index contributed by atoms with van der Waals surface area (Å²) in [5, 5.41) is 6.64. The topological polar surface area (TPSA) is 63.5 Å². The van der Waals surface area contributed by atoms with Crippen molar-refractivity contribution in [3.63, 3.8) is 0 Å². The lowest BCUT2D eigenvalue weighted by Gasteiger charge is -2.15. The van der Waals surface area contributed by atoms with E-state index in [1.165, 1.54) is 5.56 Å². The molecule has 0 spiro atoms. The number of guanidine groups is 1. The number of hydrogen-bond acceptors (Lipinski definition) is 3. The molecule has 25 heavy (non-hydrogen) atoms. The standard InChI is InChI=1S/C19H29N5O/c1-14(2)13-24-9-8-21-18(24)12-23-19(20-4)22-11-16-7-6-15(3)10-17(16)25-5/h6-10,14H,11-13H2,1-5H3,(H2,20,22,23). The molecule has 0 amide bonds. The number of ether oxygens (including phenoxy) is 1. The molecule has 6 nitrogen and oxygen atoms in total. The number of rotatable bonds is 7. The first kappa shape index (κ1) is 18.8. The minimum absolute atomic E-state index is 0.583. The summed E-state index contributed by atoms with van der Waals surface area (Å²) in [5.41, 5.74) is 2.28. The Morgan fingerprint density at radius 3 is 2.72 bits per heavy atom. The van der Waals surface area contributed by atoms with E-state index < -0.39 is 0 Å². The van der Waals surface area contributed by atoms with Crippen LogP contribution in [0.25, 0.3) is 0 Å². The fourth-order valence-corrected chi connectivity index (χ4v) is 2.63. The molecule has 0 atom stereocenters. The third-order valence-electron chi connectivity index (χ3n) is 3.89. The van der Waals surface area contributed by atoms with E-state index in [4.69, 9.17) is 4.74 Å². The fraction of sp³-hybridized carbons (Fsp3) is 0.474. The molecule has 2 rings (SSSR count). The van der Waals surface area contributed by atoms with Crippen LogP contribution in [-0.2, 0) is 19.6 Å². The average molecular weight is 343 g/mol. The number of aromatic nitrogens is 2. The molecule has 6 heteroatoms. The first-order valence-corrected chi connectivity index (χ1v) is 8.61. The van der Waals surface area contributed by atoms with E-state index in [9.17, 15) is 0 Å². The smallest absolute Gasteiger partial charge is 0.191 e. The van der Waals surface area contributed by atoms with Crippen LogP contribution >= 0.6 is 0 Å². The highest BCUT2D eigenvalue weighted by molar-refractivity contribution is 5.79. The molecule has 0 fully saturated rings. The molecule has 0 aliphatic heterocycles. The molecular weight excluding hydrogens is 314 g/mol. The maximum atomic E-state index is 5.45. The Hall–Kier alpha value is -2.50. The van der Waals surface area contributed by atoms with Crippen molar-refractivity contribution in [2.45, 2.75) is 40.4 Å². The Bertz CT molecular complexity index is 706. The van der Waals surface area contributed by atoms with Crippen molar-refractivity contribution in [3.05, 3.63) is 47.5 Å². The molecule has 2 N–H and O–H groups in total. The maximum Gasteiger partial charge on any atom is 0.191 e. The van der Waals surface area contributed by atoms with Gasteiger partial charge in [0.2, 0.25) is 0 Å². The van der Waals surface area contributed by atoms with Gasteiger partial charge in [0.25, 0.3) is 0 Å². The minimum Gasteiger partial charge on any atom is -0.496 e. The third-order valence-corrected chi connectivity index (χ3v) is 3.89. The van der Waals surface area contributed by atoms with Crippen LogP contribution in [0.2, 0.25) is 0 Å². The van der Waals surface area contributed by atoms with Crippen LogP contribution in [0.5, 0.6) is 5.75 Å². The molecule has 1 aromatic heterocycles. The highest BCUT2D eigenvalue weighted by Crippen LogP contribution is 2.19. The number of methoxy groups -OCH3 is 1. The molecule has 1 heterocycles. The van der Waals surface area contributed by atoms with Crippen molar-refractivity contribution in [1.29, 1.82) is 0 Å². The lowest BCUT2D eigenvalue weighted by molar-refractivity contribution is 0.408. The van der Waals surface area contributed by atoms with Gasteiger partial charge in [-0.25, -0.2) is 4.98 Å². The van der Waals surface area contributed by atoms with E-state index in [1.807, 2.05) is 18.5 Å². The molecule has 136 valence electrons. The predicted octanol–water partition coefficient (Wildman–Crippen LogP) is 2.72. The summed E-state index contributed by atoms with van der Waals surface area (Å²) in [5.74, 6) is 3.21. The van der Waals surface area contributed by atoms with Crippen molar-refractivity contribution in [2.24, 2.45) is 10.9 Å². The van der Waals surface area contributed by atoms with Gasteiger partial charge < -0.3 is 19.9 Å². The van der Waals surface area contributed by atoms with Gasteiger partial charge >= 0.3 is 0 Å². The lowest BCUT2D eigenvalue weighted by atomic mass is 10.1. The Morgan fingerprint density at radius 1 is 1.28 bits per heavy atom. The van der Waals surface area contributed by atoms with Crippen LogP contribution < -0.4 is 15.4 Å². The zero-order chi connectivity index (χ0) is 18.2. The molecule has 0 saturated carbocycles. The number of benzene rings is 1. The van der Waals surface area contributed by atoms with Crippen molar-refractivity contribution < 1.29 is 4.74 Å². The number of aliphatic imine (C=N–C) groups is 1. The maximum absolute atomic E-state index is 5.45. The summed E-state index contributed by atoms with van der Waals surface area (Å²) in [6.45, 7) is 8.69. The van der Waals surface area contributed by atoms with Gasteiger partial charge in [-0.1, -0.05) is 26.0 Å². The van der Waals surface area contributed by atoms with Crippen LogP contribution in [0.1, 0.15) is 30.8 Å². The van der Waals surface area contributed by atoms with Gasteiger partial charge in [0.15, 0.2) is 5.96 Å². The third kappa shape index (κ3) is 5.52. The van der Waals surface area contributed by atoms with Crippen LogP contribution in [0.4, 0.5) is 0 Å². The predicted molar refractivity (Wildman–Crippen MR) is 102 cm³/mol. The second-order valence-corrected chi connectivity index (χ2v) is 6.48. The first-order valence-electron chi connectivity index (χ1n) is 8.61. The van der Waals surface area contributed by atoms with Crippen LogP contribution in [0.15, 0.2) is 35.6 Å². The van der Waals surface area contributed by atoms with E-state index in [1.54, 1.807) is 14.2 Å². The van der Waals surface area contributed by atoms with Gasteiger partial charge in [0.05, 0.1) is 13.7 Å². The molecule has 2 aromatic rings. The summed E-state index contributed by atoms with van der Waals surface area (Å²) < 4.78 is 7.62. The van der Waals surface area contributed by atoms with Gasteiger partial charge in [-0.05, 0) is 24.5 Å². The van der Waals surface area contributed by atoms with Crippen molar-refractivity contribution in [3.8, 4) is 5.75 Å². The second kappa shape index (κ2) is 9.11. The normalized spacial score (nSPS) is 11.7. The quantitative estimate of drug-likeness (QED) is 0.599. The van der Waals surface area contributed by atoms with Crippen molar-refractivity contribution in [1.82, 2.24) is 20.2 Å². The summed E-state index contributed by atoms with van der Waals surface area (Å²) in [7, 11) is 3.46. The highest BCUT2D eigenvalue weighted by atomic mass is 16.5. The van der Waals surface area contributed by atoms with Crippen molar-refractivity contribution >= 4 is 5.96 Å². The largest absolute Gasteiger partial charge is 0.496 e. The molecule has 0 bridgehead atoms. The molecular formula is C19H29N5O. The molecule has 0 radical (unpaired) electrons. The number of aryl methyl sites for hydroxylation is 1. The fourth-order valence-electron chi connectivity index (χ4n) is 2.63. The Kier molecular flexibility index (Phi) is 6.86. The average Bonchev–Trinajstić information content (AvgIpc) is 3.02. The molecule has 0 aliphatic carbocycles. The van der Waals surface area contributed by atoms with Crippen molar-refractivity contribution in [2.75, 3.05) is 14.2 Å². The molecule has 1 aromatic carbocycles. The monoisotopic (exact) mass is 343 g/mol. The molecule has 0 saturated heterocycles. The molecule has 0 aliphatic rings. The first-order chi connectivity index (χ1) is 12.0. The van der Waals surface area contributed by atoms with Gasteiger partial charge in [-0.3, -0.25) is 4.99 Å². The second-order valence-electron chi connectivity index (χ2n) is 6.48.